The van der Waals surface area contributed by atoms with Gasteiger partial charge in [0.05, 0.1) is 13.2 Å². The Kier molecular flexibility index (Phi) is 4.57. The lowest BCUT2D eigenvalue weighted by Crippen LogP contribution is -1.96. The number of benzene rings is 1. The van der Waals surface area contributed by atoms with E-state index in [2.05, 4.69) is 11.8 Å². The highest BCUT2D eigenvalue weighted by atomic mass is 16.5. The van der Waals surface area contributed by atoms with Crippen molar-refractivity contribution in [1.82, 2.24) is 0 Å². The molecule has 2 heteroatoms. The van der Waals surface area contributed by atoms with Gasteiger partial charge in [0, 0.05) is 0 Å². The first-order chi connectivity index (χ1) is 6.86. The fourth-order valence-electron chi connectivity index (χ4n) is 1.16. The lowest BCUT2D eigenvalue weighted by Gasteiger charge is -2.04. The second kappa shape index (κ2) is 6.04. The van der Waals surface area contributed by atoms with E-state index >= 15 is 0 Å². The first-order valence-corrected chi connectivity index (χ1v) is 4.97. The molecule has 74 valence electrons. The van der Waals surface area contributed by atoms with E-state index < -0.39 is 0 Å². The predicted molar refractivity (Wildman–Crippen MR) is 57.7 cm³/mol. The maximum atomic E-state index is 6.79. The molecule has 0 aliphatic heterocycles. The molecule has 1 aromatic rings. The summed E-state index contributed by atoms with van der Waals surface area (Å²) in [5.74, 6) is 0.855. The molecule has 0 aliphatic rings. The van der Waals surface area contributed by atoms with Crippen LogP contribution in [0.5, 0.6) is 5.75 Å². The van der Waals surface area contributed by atoms with Crippen LogP contribution in [0.4, 0.5) is 5.69 Å². The number of unbranched alkanes of at least 4 members (excludes halogenated alkanes) is 2. The van der Waals surface area contributed by atoms with Crippen LogP contribution in [-0.2, 0) is 0 Å². The monoisotopic (exact) mass is 189 g/mol. The molecule has 0 heterocycles. The number of hydrogen-bond donors (Lipinski definition) is 0. The van der Waals surface area contributed by atoms with Gasteiger partial charge in [0.1, 0.15) is 5.75 Å². The highest BCUT2D eigenvalue weighted by molar-refractivity contribution is 5.46. The Morgan fingerprint density at radius 3 is 2.50 bits per heavy atom. The van der Waals surface area contributed by atoms with Gasteiger partial charge in [-0.25, -0.2) is 4.85 Å². The van der Waals surface area contributed by atoms with Crippen molar-refractivity contribution >= 4 is 5.69 Å². The van der Waals surface area contributed by atoms with E-state index in [0.29, 0.717) is 5.69 Å². The smallest absolute Gasteiger partial charge is 0.187 e. The quantitative estimate of drug-likeness (QED) is 0.507. The van der Waals surface area contributed by atoms with E-state index in [1.807, 2.05) is 12.1 Å². The predicted octanol–water partition coefficient (Wildman–Crippen LogP) is 3.81. The lowest BCUT2D eigenvalue weighted by atomic mass is 10.2. The maximum Gasteiger partial charge on any atom is 0.187 e. The van der Waals surface area contributed by atoms with Crippen LogP contribution >= 0.6 is 0 Å². The van der Waals surface area contributed by atoms with Crippen molar-refractivity contribution in [1.29, 1.82) is 0 Å². The molecule has 0 aromatic heterocycles. The van der Waals surface area contributed by atoms with Crippen molar-refractivity contribution in [3.63, 3.8) is 0 Å². The number of nitrogens with zero attached hydrogens (tertiary/aromatic N) is 1. The van der Waals surface area contributed by atoms with Crippen LogP contribution in [0.2, 0.25) is 0 Å². The highest BCUT2D eigenvalue weighted by Crippen LogP contribution is 2.17. The van der Waals surface area contributed by atoms with Crippen LogP contribution in [0.3, 0.4) is 0 Å². The second-order valence-electron chi connectivity index (χ2n) is 3.16. The van der Waals surface area contributed by atoms with Gasteiger partial charge in [0.15, 0.2) is 5.69 Å². The summed E-state index contributed by atoms with van der Waals surface area (Å²) in [7, 11) is 0. The van der Waals surface area contributed by atoms with E-state index in [-0.39, 0.29) is 0 Å². The van der Waals surface area contributed by atoms with Crippen molar-refractivity contribution in [3.8, 4) is 5.75 Å². The molecule has 0 saturated carbocycles. The van der Waals surface area contributed by atoms with Crippen LogP contribution in [-0.4, -0.2) is 6.61 Å². The van der Waals surface area contributed by atoms with Crippen LogP contribution in [0.25, 0.3) is 4.85 Å². The van der Waals surface area contributed by atoms with Crippen molar-refractivity contribution in [3.05, 3.63) is 35.7 Å². The molecule has 1 aromatic carbocycles. The van der Waals surface area contributed by atoms with E-state index in [1.54, 1.807) is 12.1 Å². The Balaban J connectivity index is 2.33. The molecule has 0 bridgehead atoms. The summed E-state index contributed by atoms with van der Waals surface area (Å²) >= 11 is 0. The average Bonchev–Trinajstić information content (AvgIpc) is 2.25. The summed E-state index contributed by atoms with van der Waals surface area (Å²) in [6.45, 7) is 9.73. The minimum absolute atomic E-state index is 0.658. The summed E-state index contributed by atoms with van der Waals surface area (Å²) in [6, 6.07) is 7.25. The molecule has 0 saturated heterocycles. The second-order valence-corrected chi connectivity index (χ2v) is 3.16. The zero-order valence-corrected chi connectivity index (χ0v) is 8.49. The van der Waals surface area contributed by atoms with Gasteiger partial charge >= 0.3 is 0 Å². The molecule has 0 unspecified atom stereocenters. The molecule has 1 rings (SSSR count). The van der Waals surface area contributed by atoms with Crippen molar-refractivity contribution in [2.45, 2.75) is 26.2 Å². The molecule has 2 nitrogen and oxygen atoms in total. The van der Waals surface area contributed by atoms with Gasteiger partial charge in [0.2, 0.25) is 0 Å². The van der Waals surface area contributed by atoms with Crippen LogP contribution in [0, 0.1) is 6.57 Å². The zero-order valence-electron chi connectivity index (χ0n) is 8.49. The molecule has 14 heavy (non-hydrogen) atoms. The molecule has 0 spiro atoms. The summed E-state index contributed by atoms with van der Waals surface area (Å²) in [4.78, 5) is 3.32. The number of rotatable bonds is 5. The van der Waals surface area contributed by atoms with Crippen LogP contribution in [0.1, 0.15) is 26.2 Å². The van der Waals surface area contributed by atoms with E-state index in [0.717, 1.165) is 18.8 Å². The van der Waals surface area contributed by atoms with Crippen LogP contribution < -0.4 is 4.74 Å². The fraction of sp³-hybridized carbons (Fsp3) is 0.417. The van der Waals surface area contributed by atoms with Gasteiger partial charge in [0.25, 0.3) is 0 Å². The lowest BCUT2D eigenvalue weighted by molar-refractivity contribution is 0.306. The molecular formula is C12H15NO. The molecule has 0 aliphatic carbocycles. The van der Waals surface area contributed by atoms with Crippen LogP contribution in [0.15, 0.2) is 24.3 Å². The Bertz CT molecular complexity index is 297. The normalized spacial score (nSPS) is 9.43. The van der Waals surface area contributed by atoms with Crippen molar-refractivity contribution < 1.29 is 4.74 Å². The number of hydrogen-bond acceptors (Lipinski definition) is 1. The van der Waals surface area contributed by atoms with E-state index in [4.69, 9.17) is 11.3 Å². The topological polar surface area (TPSA) is 13.6 Å². The van der Waals surface area contributed by atoms with Crippen molar-refractivity contribution in [2.24, 2.45) is 0 Å². The third kappa shape index (κ3) is 3.49. The maximum absolute atomic E-state index is 6.79. The first kappa shape index (κ1) is 10.6. The zero-order chi connectivity index (χ0) is 10.2. The summed E-state index contributed by atoms with van der Waals surface area (Å²) in [5, 5.41) is 0. The van der Waals surface area contributed by atoms with Gasteiger partial charge in [-0.3, -0.25) is 0 Å². The fourth-order valence-corrected chi connectivity index (χ4v) is 1.16. The Hall–Kier alpha value is -1.49. The Morgan fingerprint density at radius 1 is 1.21 bits per heavy atom. The molecule has 0 radical (unpaired) electrons. The minimum Gasteiger partial charge on any atom is -0.494 e. The van der Waals surface area contributed by atoms with Gasteiger partial charge in [-0.15, -0.1) is 0 Å². The third-order valence-electron chi connectivity index (χ3n) is 1.98. The van der Waals surface area contributed by atoms with Gasteiger partial charge in [-0.2, -0.15) is 0 Å². The van der Waals surface area contributed by atoms with Gasteiger partial charge < -0.3 is 4.74 Å². The largest absolute Gasteiger partial charge is 0.494 e. The molecular weight excluding hydrogens is 174 g/mol. The Labute approximate surface area is 85.3 Å². The SMILES string of the molecule is [C-]#[N+]c1ccc(OCCCCC)cc1. The van der Waals surface area contributed by atoms with Gasteiger partial charge in [-0.1, -0.05) is 31.9 Å². The first-order valence-electron chi connectivity index (χ1n) is 4.97. The summed E-state index contributed by atoms with van der Waals surface area (Å²) in [5.41, 5.74) is 0.658. The van der Waals surface area contributed by atoms with E-state index in [1.165, 1.54) is 12.8 Å². The highest BCUT2D eigenvalue weighted by Gasteiger charge is 1.93. The third-order valence-corrected chi connectivity index (χ3v) is 1.98. The standard InChI is InChI=1S/C12H15NO/c1-3-4-5-10-14-12-8-6-11(13-2)7-9-12/h6-9H,3-5,10H2,1H3. The molecule has 0 N–H and O–H groups in total. The summed E-state index contributed by atoms with van der Waals surface area (Å²) < 4.78 is 5.50. The summed E-state index contributed by atoms with van der Waals surface area (Å²) in [6.07, 6.45) is 3.52. The van der Waals surface area contributed by atoms with Crippen molar-refractivity contribution in [2.75, 3.05) is 6.61 Å². The minimum atomic E-state index is 0.658. The van der Waals surface area contributed by atoms with E-state index in [9.17, 15) is 0 Å². The number of ether oxygens (including phenoxy) is 1. The average molecular weight is 189 g/mol. The Morgan fingerprint density at radius 2 is 1.93 bits per heavy atom. The van der Waals surface area contributed by atoms with Gasteiger partial charge in [-0.05, 0) is 18.6 Å². The molecule has 0 atom stereocenters. The molecule has 0 fully saturated rings. The molecule has 0 amide bonds.